The van der Waals surface area contributed by atoms with Crippen molar-refractivity contribution in [2.75, 3.05) is 13.1 Å². The van der Waals surface area contributed by atoms with E-state index in [1.54, 1.807) is 46.5 Å². The molecule has 2 aromatic heterocycles. The number of aromatic nitrogens is 1. The van der Waals surface area contributed by atoms with Crippen LogP contribution in [0.1, 0.15) is 31.8 Å². The van der Waals surface area contributed by atoms with E-state index in [-0.39, 0.29) is 11.8 Å². The molecule has 134 valence electrons. The maximum Gasteiger partial charge on any atom is 0.259 e. The maximum atomic E-state index is 13.3. The van der Waals surface area contributed by atoms with Crippen molar-refractivity contribution in [1.82, 2.24) is 14.8 Å². The van der Waals surface area contributed by atoms with Gasteiger partial charge in [-0.05, 0) is 24.3 Å². The van der Waals surface area contributed by atoms with Crippen molar-refractivity contribution >= 4 is 23.4 Å². The summed E-state index contributed by atoms with van der Waals surface area (Å²) in [4.78, 5) is 34.1. The zero-order chi connectivity index (χ0) is 18.6. The molecule has 27 heavy (non-hydrogen) atoms. The van der Waals surface area contributed by atoms with E-state index in [4.69, 9.17) is 16.0 Å². The molecule has 1 aromatic carbocycles. The predicted molar refractivity (Wildman–Crippen MR) is 97.3 cm³/mol. The minimum absolute atomic E-state index is 0.107. The normalized spacial score (nSPS) is 20.7. The second-order valence-electron chi connectivity index (χ2n) is 6.53. The van der Waals surface area contributed by atoms with Gasteiger partial charge in [-0.25, -0.2) is 0 Å². The van der Waals surface area contributed by atoms with Crippen molar-refractivity contribution in [2.45, 2.75) is 5.66 Å². The molecule has 7 heteroatoms. The Morgan fingerprint density at radius 2 is 1.96 bits per heavy atom. The van der Waals surface area contributed by atoms with E-state index >= 15 is 0 Å². The quantitative estimate of drug-likeness (QED) is 0.686. The molecule has 5 rings (SSSR count). The fourth-order valence-corrected chi connectivity index (χ4v) is 4.28. The van der Waals surface area contributed by atoms with Gasteiger partial charge in [-0.3, -0.25) is 14.6 Å². The van der Waals surface area contributed by atoms with Crippen LogP contribution in [0.2, 0.25) is 5.02 Å². The fourth-order valence-electron chi connectivity index (χ4n) is 4.15. The highest BCUT2D eigenvalue weighted by Gasteiger charge is 2.59. The third-order valence-electron chi connectivity index (χ3n) is 5.26. The number of fused-ring (bicyclic) bond motifs is 3. The van der Waals surface area contributed by atoms with Crippen LogP contribution in [0, 0.1) is 0 Å². The molecule has 0 bridgehead atoms. The summed E-state index contributed by atoms with van der Waals surface area (Å²) >= 11 is 6.08. The molecule has 2 aliphatic rings. The smallest absolute Gasteiger partial charge is 0.259 e. The molecule has 0 radical (unpaired) electrons. The molecule has 4 heterocycles. The molecule has 1 saturated heterocycles. The van der Waals surface area contributed by atoms with Crippen LogP contribution in [0.3, 0.4) is 0 Å². The third kappa shape index (κ3) is 2.04. The first-order chi connectivity index (χ1) is 13.1. The van der Waals surface area contributed by atoms with Gasteiger partial charge in [-0.15, -0.1) is 0 Å². The third-order valence-corrected chi connectivity index (χ3v) is 5.51. The maximum absolute atomic E-state index is 13.3. The van der Waals surface area contributed by atoms with E-state index in [0.29, 0.717) is 34.8 Å². The van der Waals surface area contributed by atoms with Crippen molar-refractivity contribution in [2.24, 2.45) is 0 Å². The van der Waals surface area contributed by atoms with Crippen molar-refractivity contribution in [3.63, 3.8) is 0 Å². The van der Waals surface area contributed by atoms with Gasteiger partial charge in [-0.2, -0.15) is 0 Å². The highest BCUT2D eigenvalue weighted by molar-refractivity contribution is 6.30. The number of rotatable bonds is 2. The molecule has 1 fully saturated rings. The number of pyridine rings is 1. The number of nitrogens with zero attached hydrogens (tertiary/aromatic N) is 3. The van der Waals surface area contributed by atoms with E-state index in [2.05, 4.69) is 4.98 Å². The highest BCUT2D eigenvalue weighted by atomic mass is 35.5. The Kier molecular flexibility index (Phi) is 3.39. The summed E-state index contributed by atoms with van der Waals surface area (Å²) in [5.41, 5.74) is 1.45. The van der Waals surface area contributed by atoms with Crippen molar-refractivity contribution in [3.8, 4) is 0 Å². The van der Waals surface area contributed by atoms with Crippen LogP contribution in [-0.2, 0) is 5.66 Å². The molecular formula is C20H14ClN3O3. The zero-order valence-corrected chi connectivity index (χ0v) is 14.9. The summed E-state index contributed by atoms with van der Waals surface area (Å²) in [7, 11) is 0. The Hall–Kier alpha value is -3.12. The van der Waals surface area contributed by atoms with Crippen molar-refractivity contribution in [3.05, 3.63) is 88.6 Å². The van der Waals surface area contributed by atoms with Gasteiger partial charge in [0.2, 0.25) is 0 Å². The Balaban J connectivity index is 1.78. The minimum atomic E-state index is -1.04. The molecule has 2 aliphatic heterocycles. The van der Waals surface area contributed by atoms with E-state index < -0.39 is 5.66 Å². The number of halogens is 1. The summed E-state index contributed by atoms with van der Waals surface area (Å²) in [6.45, 7) is 0.840. The standard InChI is InChI=1S/C20H14ClN3O3/c21-15-3-1-14(2-4-15)20-17-11-22-7-5-16(17)19(26)24(20)9-8-23(20)18(25)13-6-10-27-12-13/h1-7,10-12H,8-9H2/t20-/m1/s1. The molecule has 0 aliphatic carbocycles. The lowest BCUT2D eigenvalue weighted by molar-refractivity contribution is 0.0374. The van der Waals surface area contributed by atoms with Crippen LogP contribution in [0.5, 0.6) is 0 Å². The average molecular weight is 380 g/mol. The van der Waals surface area contributed by atoms with Crippen molar-refractivity contribution < 1.29 is 14.0 Å². The number of hydrogen-bond acceptors (Lipinski definition) is 4. The van der Waals surface area contributed by atoms with Crippen LogP contribution in [0.4, 0.5) is 0 Å². The van der Waals surface area contributed by atoms with Gasteiger partial charge in [0.1, 0.15) is 6.26 Å². The monoisotopic (exact) mass is 379 g/mol. The SMILES string of the molecule is O=C(c1ccoc1)N1CCN2C(=O)c3ccncc3[C@]12c1ccc(Cl)cc1. The lowest BCUT2D eigenvalue weighted by atomic mass is 9.90. The van der Waals surface area contributed by atoms with Gasteiger partial charge < -0.3 is 14.2 Å². The summed E-state index contributed by atoms with van der Waals surface area (Å²) in [5.74, 6) is -0.310. The largest absolute Gasteiger partial charge is 0.472 e. The Labute approximate surface area is 160 Å². The molecule has 6 nitrogen and oxygen atoms in total. The predicted octanol–water partition coefficient (Wildman–Crippen LogP) is 3.14. The number of benzene rings is 1. The summed E-state index contributed by atoms with van der Waals surface area (Å²) in [5, 5.41) is 0.586. The van der Waals surface area contributed by atoms with E-state index in [0.717, 1.165) is 5.56 Å². The number of hydrogen-bond donors (Lipinski definition) is 0. The van der Waals surface area contributed by atoms with Gasteiger partial charge >= 0.3 is 0 Å². The lowest BCUT2D eigenvalue weighted by Gasteiger charge is -2.40. The number of carbonyl (C=O) groups is 2. The number of amides is 2. The molecule has 0 N–H and O–H groups in total. The molecule has 0 saturated carbocycles. The average Bonchev–Trinajstić information content (AvgIpc) is 3.40. The molecule has 0 spiro atoms. The lowest BCUT2D eigenvalue weighted by Crippen LogP contribution is -2.51. The van der Waals surface area contributed by atoms with Gasteiger partial charge in [0.15, 0.2) is 5.66 Å². The van der Waals surface area contributed by atoms with Crippen LogP contribution in [0.15, 0.2) is 65.7 Å². The Morgan fingerprint density at radius 1 is 1.15 bits per heavy atom. The first-order valence-electron chi connectivity index (χ1n) is 8.50. The van der Waals surface area contributed by atoms with Crippen LogP contribution in [0.25, 0.3) is 0 Å². The summed E-state index contributed by atoms with van der Waals surface area (Å²) < 4.78 is 5.09. The van der Waals surface area contributed by atoms with Gasteiger partial charge in [0.25, 0.3) is 11.8 Å². The number of carbonyl (C=O) groups excluding carboxylic acids is 2. The topological polar surface area (TPSA) is 66.7 Å². The van der Waals surface area contributed by atoms with Gasteiger partial charge in [0, 0.05) is 41.6 Å². The van der Waals surface area contributed by atoms with Crippen molar-refractivity contribution in [1.29, 1.82) is 0 Å². The van der Waals surface area contributed by atoms with Crippen LogP contribution < -0.4 is 0 Å². The minimum Gasteiger partial charge on any atom is -0.472 e. The van der Waals surface area contributed by atoms with Crippen LogP contribution >= 0.6 is 11.6 Å². The molecule has 2 amide bonds. The fraction of sp³-hybridized carbons (Fsp3) is 0.150. The number of furan rings is 1. The second kappa shape index (κ2) is 5.69. The zero-order valence-electron chi connectivity index (χ0n) is 14.1. The summed E-state index contributed by atoms with van der Waals surface area (Å²) in [6, 6.07) is 10.6. The van der Waals surface area contributed by atoms with E-state index in [9.17, 15) is 9.59 Å². The van der Waals surface area contributed by atoms with E-state index in [1.165, 1.54) is 12.5 Å². The van der Waals surface area contributed by atoms with Gasteiger partial charge in [0.05, 0.1) is 17.4 Å². The van der Waals surface area contributed by atoms with Crippen LogP contribution in [-0.4, -0.2) is 39.7 Å². The Bertz CT molecular complexity index is 1050. The molecule has 1 atom stereocenters. The van der Waals surface area contributed by atoms with Gasteiger partial charge in [-0.1, -0.05) is 23.7 Å². The van der Waals surface area contributed by atoms with E-state index in [1.807, 2.05) is 12.1 Å². The molecular weight excluding hydrogens is 366 g/mol. The highest BCUT2D eigenvalue weighted by Crippen LogP contribution is 2.49. The summed E-state index contributed by atoms with van der Waals surface area (Å²) in [6.07, 6.45) is 6.15. The second-order valence-corrected chi connectivity index (χ2v) is 6.96. The molecule has 3 aromatic rings. The Morgan fingerprint density at radius 3 is 2.70 bits per heavy atom. The first kappa shape index (κ1) is 16.1. The first-order valence-corrected chi connectivity index (χ1v) is 8.88. The molecule has 0 unspecified atom stereocenters.